The molecule has 1 atom stereocenters. The lowest BCUT2D eigenvalue weighted by atomic mass is 10.4. The van der Waals surface area contributed by atoms with Gasteiger partial charge in [0.2, 0.25) is 0 Å². The Bertz CT molecular complexity index is 172. The average molecular weight is 164 g/mol. The van der Waals surface area contributed by atoms with E-state index >= 15 is 0 Å². The van der Waals surface area contributed by atoms with Crippen molar-refractivity contribution in [2.45, 2.75) is 32.1 Å². The molecule has 3 nitrogen and oxygen atoms in total. The molecule has 0 amide bonds. The van der Waals surface area contributed by atoms with Crippen LogP contribution in [0, 0.1) is 0 Å². The molecule has 0 saturated heterocycles. The fourth-order valence-electron chi connectivity index (χ4n) is 0.522. The van der Waals surface area contributed by atoms with Gasteiger partial charge in [-0.2, -0.15) is 0 Å². The van der Waals surface area contributed by atoms with Crippen LogP contribution >= 0.6 is 0 Å². The highest BCUT2D eigenvalue weighted by Gasteiger charge is 2.15. The van der Waals surface area contributed by atoms with Gasteiger partial charge in [0.25, 0.3) is 0 Å². The number of hydrogen-bond acceptors (Lipinski definition) is 2. The smallest absolute Gasteiger partial charge is 0.167 e. The van der Waals surface area contributed by atoms with Gasteiger partial charge in [-0.05, 0) is 13.3 Å². The molecule has 0 aromatic rings. The second-order valence-corrected chi connectivity index (χ2v) is 4.80. The van der Waals surface area contributed by atoms with Crippen molar-refractivity contribution in [2.75, 3.05) is 5.75 Å². The summed E-state index contributed by atoms with van der Waals surface area (Å²) < 4.78 is 21.8. The molecule has 0 aliphatic rings. The van der Waals surface area contributed by atoms with E-state index in [0.717, 1.165) is 6.42 Å². The number of sulfone groups is 1. The van der Waals surface area contributed by atoms with Gasteiger partial charge in [-0.3, -0.25) is 0 Å². The van der Waals surface area contributed by atoms with E-state index in [1.807, 2.05) is 6.92 Å². The van der Waals surface area contributed by atoms with E-state index in [-0.39, 0.29) is 5.75 Å². The molecule has 1 N–H and O–H groups in total. The Kier molecular flexibility index (Phi) is 3.89. The summed E-state index contributed by atoms with van der Waals surface area (Å²) in [6, 6.07) is 0. The number of rotatable bonds is 4. The van der Waals surface area contributed by atoms with Crippen molar-refractivity contribution in [3.05, 3.63) is 0 Å². The Morgan fingerprint density at radius 2 is 2.00 bits per heavy atom. The van der Waals surface area contributed by atoms with Crippen molar-refractivity contribution in [2.24, 2.45) is 0 Å². The quantitative estimate of drug-likeness (QED) is 0.618. The maximum atomic E-state index is 10.9. The third kappa shape index (κ3) is 3.17. The second kappa shape index (κ2) is 3.93. The van der Waals surface area contributed by atoms with Crippen LogP contribution < -0.4 is 5.73 Å². The highest BCUT2D eigenvalue weighted by atomic mass is 32.2. The topological polar surface area (TPSA) is 57.9 Å². The average Bonchev–Trinajstić information content (AvgIpc) is 1.84. The lowest BCUT2D eigenvalue weighted by Crippen LogP contribution is -2.21. The molecule has 0 fully saturated rings. The minimum absolute atomic E-state index is 0.161. The van der Waals surface area contributed by atoms with Crippen molar-refractivity contribution in [3.63, 3.8) is 0 Å². The summed E-state index contributed by atoms with van der Waals surface area (Å²) in [5.74, 6) is 0.161. The minimum atomic E-state index is -3.09. The van der Waals surface area contributed by atoms with E-state index in [0.29, 0.717) is 6.42 Å². The zero-order chi connectivity index (χ0) is 8.20. The van der Waals surface area contributed by atoms with Gasteiger partial charge in [0.15, 0.2) is 9.84 Å². The molecule has 0 aliphatic carbocycles. The molecule has 0 rings (SSSR count). The van der Waals surface area contributed by atoms with Crippen molar-refractivity contribution in [1.82, 2.24) is 5.73 Å². The van der Waals surface area contributed by atoms with E-state index in [1.165, 1.54) is 6.92 Å². The molecule has 0 heterocycles. The van der Waals surface area contributed by atoms with Crippen LogP contribution in [0.4, 0.5) is 0 Å². The maximum absolute atomic E-state index is 10.9. The van der Waals surface area contributed by atoms with Gasteiger partial charge in [0, 0.05) is 0 Å². The van der Waals surface area contributed by atoms with Gasteiger partial charge in [-0.15, -0.1) is 0 Å². The molecule has 0 spiro atoms. The van der Waals surface area contributed by atoms with Crippen LogP contribution in [-0.4, -0.2) is 19.5 Å². The van der Waals surface area contributed by atoms with Crippen molar-refractivity contribution >= 4 is 9.84 Å². The predicted molar refractivity (Wildman–Crippen MR) is 41.3 cm³/mol. The predicted octanol–water partition coefficient (Wildman–Crippen LogP) is 0.830. The summed E-state index contributed by atoms with van der Waals surface area (Å²) in [7, 11) is -3.09. The zero-order valence-electron chi connectivity index (χ0n) is 6.42. The normalized spacial score (nSPS) is 15.1. The standard InChI is InChI=1S/C6H14NO2S/c1-3-4-5-10(8,9)6(2)7/h6-7H,3-5H2,1-2H3. The second-order valence-electron chi connectivity index (χ2n) is 2.36. The molecule has 0 bridgehead atoms. The van der Waals surface area contributed by atoms with Crippen LogP contribution in [0.5, 0.6) is 0 Å². The van der Waals surface area contributed by atoms with Crippen molar-refractivity contribution < 1.29 is 8.42 Å². The summed E-state index contributed by atoms with van der Waals surface area (Å²) in [6.45, 7) is 3.33. The van der Waals surface area contributed by atoms with Crippen LogP contribution in [0.1, 0.15) is 26.7 Å². The van der Waals surface area contributed by atoms with Gasteiger partial charge in [0.05, 0.1) is 5.75 Å². The minimum Gasteiger partial charge on any atom is -0.239 e. The van der Waals surface area contributed by atoms with Crippen molar-refractivity contribution in [1.29, 1.82) is 0 Å². The Labute approximate surface area is 62.5 Å². The van der Waals surface area contributed by atoms with Crippen LogP contribution in [-0.2, 0) is 9.84 Å². The molecule has 1 unspecified atom stereocenters. The number of nitrogens with one attached hydrogen (secondary N) is 1. The van der Waals surface area contributed by atoms with E-state index in [4.69, 9.17) is 5.73 Å². The van der Waals surface area contributed by atoms with E-state index < -0.39 is 15.2 Å². The van der Waals surface area contributed by atoms with Crippen molar-refractivity contribution in [3.8, 4) is 0 Å². The van der Waals surface area contributed by atoms with Gasteiger partial charge in [-0.25, -0.2) is 14.2 Å². The number of unbranched alkanes of at least 4 members (excludes halogenated alkanes) is 1. The summed E-state index contributed by atoms with van der Waals surface area (Å²) >= 11 is 0. The van der Waals surface area contributed by atoms with Crippen LogP contribution in [0.3, 0.4) is 0 Å². The number of hydrogen-bond donors (Lipinski definition) is 0. The molecule has 1 radical (unpaired) electrons. The van der Waals surface area contributed by atoms with Gasteiger partial charge in [0.1, 0.15) is 5.37 Å². The Balaban J connectivity index is 3.90. The lowest BCUT2D eigenvalue weighted by Gasteiger charge is -2.04. The molecule has 0 saturated carbocycles. The third-order valence-corrected chi connectivity index (χ3v) is 3.26. The summed E-state index contributed by atoms with van der Waals surface area (Å²) in [5, 5.41) is -0.959. The fourth-order valence-corrected chi connectivity index (χ4v) is 1.57. The summed E-state index contributed by atoms with van der Waals surface area (Å²) in [5.41, 5.74) is 6.97. The SMILES string of the molecule is CCCCS(=O)(=O)C(C)[NH]. The van der Waals surface area contributed by atoms with Crippen LogP contribution in [0.15, 0.2) is 0 Å². The molecule has 4 heteroatoms. The molecule has 10 heavy (non-hydrogen) atoms. The molecular weight excluding hydrogens is 150 g/mol. The van der Waals surface area contributed by atoms with Crippen LogP contribution in [0.25, 0.3) is 0 Å². The third-order valence-electron chi connectivity index (χ3n) is 1.32. The highest BCUT2D eigenvalue weighted by Crippen LogP contribution is 2.00. The summed E-state index contributed by atoms with van der Waals surface area (Å²) in [4.78, 5) is 0. The molecule has 61 valence electrons. The monoisotopic (exact) mass is 164 g/mol. The largest absolute Gasteiger partial charge is 0.239 e. The Hall–Kier alpha value is -0.0900. The van der Waals surface area contributed by atoms with E-state index in [9.17, 15) is 8.42 Å². The molecule has 0 aromatic carbocycles. The summed E-state index contributed by atoms with van der Waals surface area (Å²) in [6.07, 6.45) is 1.54. The first-order valence-electron chi connectivity index (χ1n) is 3.43. The first-order chi connectivity index (χ1) is 4.50. The molecule has 0 aromatic heterocycles. The first-order valence-corrected chi connectivity index (χ1v) is 5.15. The van der Waals surface area contributed by atoms with E-state index in [2.05, 4.69) is 0 Å². The van der Waals surface area contributed by atoms with Crippen LogP contribution in [0.2, 0.25) is 0 Å². The maximum Gasteiger partial charge on any atom is 0.167 e. The highest BCUT2D eigenvalue weighted by molar-refractivity contribution is 7.91. The van der Waals surface area contributed by atoms with E-state index in [1.54, 1.807) is 0 Å². The van der Waals surface area contributed by atoms with Gasteiger partial charge < -0.3 is 0 Å². The Morgan fingerprint density at radius 3 is 2.30 bits per heavy atom. The lowest BCUT2D eigenvalue weighted by molar-refractivity contribution is 0.580. The van der Waals surface area contributed by atoms with Gasteiger partial charge >= 0.3 is 0 Å². The molecular formula is C6H14NO2S. The zero-order valence-corrected chi connectivity index (χ0v) is 7.24. The first kappa shape index (κ1) is 9.91. The fraction of sp³-hybridized carbons (Fsp3) is 1.00. The van der Waals surface area contributed by atoms with Gasteiger partial charge in [-0.1, -0.05) is 13.3 Å². The Morgan fingerprint density at radius 1 is 1.50 bits per heavy atom. The molecule has 0 aliphatic heterocycles.